The molecule has 0 radical (unpaired) electrons. The smallest absolute Gasteiger partial charge is 0.411 e. The molecule has 1 aliphatic rings. The maximum Gasteiger partial charge on any atom is 0.411 e. The van der Waals surface area contributed by atoms with Gasteiger partial charge in [-0.25, -0.2) is 9.59 Å². The number of aliphatic carboxylic acids is 1. The number of nitrogens with zero attached hydrogens (tertiary/aromatic N) is 1. The molecule has 6 nitrogen and oxygen atoms in total. The number of carbonyl (C=O) groups is 2. The van der Waals surface area contributed by atoms with Crippen LogP contribution in [0.15, 0.2) is 0 Å². The molecule has 0 aromatic carbocycles. The molecule has 1 rings (SSSR count). The topological polar surface area (TPSA) is 87.1 Å². The van der Waals surface area contributed by atoms with Gasteiger partial charge in [-0.2, -0.15) is 0 Å². The Morgan fingerprint density at radius 1 is 1.41 bits per heavy atom. The summed E-state index contributed by atoms with van der Waals surface area (Å²) in [4.78, 5) is 24.1. The molecule has 0 aromatic heterocycles. The predicted octanol–water partition coefficient (Wildman–Crippen LogP) is 0.831. The fraction of sp³-hybridized carbons (Fsp3) is 0.818. The lowest BCUT2D eigenvalue weighted by atomic mass is 9.99. The molecule has 1 amide bonds. The van der Waals surface area contributed by atoms with Crippen molar-refractivity contribution in [2.24, 2.45) is 0 Å². The van der Waals surface area contributed by atoms with Crippen molar-refractivity contribution in [3.63, 3.8) is 0 Å². The number of amides is 1. The Labute approximate surface area is 100 Å². The lowest BCUT2D eigenvalue weighted by Crippen LogP contribution is -2.52. The number of aliphatic hydroxyl groups is 1. The van der Waals surface area contributed by atoms with E-state index in [9.17, 15) is 14.7 Å². The second kappa shape index (κ2) is 4.18. The fourth-order valence-electron chi connectivity index (χ4n) is 1.84. The van der Waals surface area contributed by atoms with Crippen molar-refractivity contribution in [3.05, 3.63) is 0 Å². The SMILES string of the molecule is CC(C)(C)OC(=O)N1CC(O)CC1(C)C(=O)O. The summed E-state index contributed by atoms with van der Waals surface area (Å²) in [6.07, 6.45) is -1.52. The minimum atomic E-state index is -1.40. The van der Waals surface area contributed by atoms with Crippen LogP contribution in [-0.2, 0) is 9.53 Å². The number of carboxylic acid groups (broad SMARTS) is 1. The third-order valence-electron chi connectivity index (χ3n) is 2.70. The Morgan fingerprint density at radius 2 is 1.94 bits per heavy atom. The van der Waals surface area contributed by atoms with Crippen molar-refractivity contribution in [1.82, 2.24) is 4.90 Å². The molecule has 0 aromatic rings. The van der Waals surface area contributed by atoms with E-state index in [1.807, 2.05) is 0 Å². The Hall–Kier alpha value is -1.30. The van der Waals surface area contributed by atoms with Crippen LogP contribution < -0.4 is 0 Å². The van der Waals surface area contributed by atoms with E-state index in [1.165, 1.54) is 6.92 Å². The summed E-state index contributed by atoms with van der Waals surface area (Å²) < 4.78 is 5.13. The normalized spacial score (nSPS) is 29.2. The summed E-state index contributed by atoms with van der Waals surface area (Å²) in [5.74, 6) is -1.14. The fourth-order valence-corrected chi connectivity index (χ4v) is 1.84. The van der Waals surface area contributed by atoms with Crippen molar-refractivity contribution in [2.75, 3.05) is 6.54 Å². The minimum absolute atomic E-state index is 0.0155. The summed E-state index contributed by atoms with van der Waals surface area (Å²) in [5, 5.41) is 18.7. The van der Waals surface area contributed by atoms with Crippen LogP contribution in [-0.4, -0.2) is 51.0 Å². The molecule has 2 atom stereocenters. The Balaban J connectivity index is 2.88. The van der Waals surface area contributed by atoms with Gasteiger partial charge in [-0.05, 0) is 27.7 Å². The highest BCUT2D eigenvalue weighted by Gasteiger charge is 2.51. The van der Waals surface area contributed by atoms with Crippen LogP contribution in [0.3, 0.4) is 0 Å². The van der Waals surface area contributed by atoms with Crippen LogP contribution in [0.25, 0.3) is 0 Å². The Bertz CT molecular complexity index is 335. The molecular formula is C11H19NO5. The Kier molecular flexibility index (Phi) is 3.38. The predicted molar refractivity (Wildman–Crippen MR) is 59.6 cm³/mol. The lowest BCUT2D eigenvalue weighted by molar-refractivity contribution is -0.148. The van der Waals surface area contributed by atoms with Gasteiger partial charge in [0, 0.05) is 6.42 Å². The number of carboxylic acids is 1. The van der Waals surface area contributed by atoms with E-state index in [0.29, 0.717) is 0 Å². The van der Waals surface area contributed by atoms with Crippen LogP contribution in [0.5, 0.6) is 0 Å². The van der Waals surface area contributed by atoms with E-state index in [2.05, 4.69) is 0 Å². The van der Waals surface area contributed by atoms with Crippen LogP contribution >= 0.6 is 0 Å². The average Bonchev–Trinajstić information content (AvgIpc) is 2.40. The average molecular weight is 245 g/mol. The Morgan fingerprint density at radius 3 is 2.35 bits per heavy atom. The van der Waals surface area contributed by atoms with E-state index in [0.717, 1.165) is 4.90 Å². The van der Waals surface area contributed by atoms with Gasteiger partial charge in [0.05, 0.1) is 12.6 Å². The monoisotopic (exact) mass is 245 g/mol. The third-order valence-corrected chi connectivity index (χ3v) is 2.70. The van der Waals surface area contributed by atoms with Gasteiger partial charge in [-0.15, -0.1) is 0 Å². The number of hydrogen-bond donors (Lipinski definition) is 2. The highest BCUT2D eigenvalue weighted by atomic mass is 16.6. The van der Waals surface area contributed by atoms with Crippen LogP contribution in [0.2, 0.25) is 0 Å². The van der Waals surface area contributed by atoms with Gasteiger partial charge in [0.1, 0.15) is 11.1 Å². The van der Waals surface area contributed by atoms with E-state index in [1.54, 1.807) is 20.8 Å². The van der Waals surface area contributed by atoms with Gasteiger partial charge in [-0.1, -0.05) is 0 Å². The number of hydrogen-bond acceptors (Lipinski definition) is 4. The number of carbonyl (C=O) groups excluding carboxylic acids is 1. The zero-order valence-corrected chi connectivity index (χ0v) is 10.6. The number of ether oxygens (including phenoxy) is 1. The molecule has 1 saturated heterocycles. The van der Waals surface area contributed by atoms with Crippen molar-refractivity contribution >= 4 is 12.1 Å². The maximum atomic E-state index is 11.9. The van der Waals surface area contributed by atoms with Gasteiger partial charge < -0.3 is 14.9 Å². The second-order valence-corrected chi connectivity index (χ2v) is 5.53. The first kappa shape index (κ1) is 13.8. The summed E-state index contributed by atoms with van der Waals surface area (Å²) >= 11 is 0. The molecule has 0 bridgehead atoms. The largest absolute Gasteiger partial charge is 0.480 e. The van der Waals surface area contributed by atoms with Crippen molar-refractivity contribution in [3.8, 4) is 0 Å². The van der Waals surface area contributed by atoms with Gasteiger partial charge in [0.15, 0.2) is 0 Å². The van der Waals surface area contributed by atoms with Crippen LogP contribution in [0, 0.1) is 0 Å². The minimum Gasteiger partial charge on any atom is -0.480 e. The molecule has 1 aliphatic heterocycles. The van der Waals surface area contributed by atoms with Crippen LogP contribution in [0.4, 0.5) is 4.79 Å². The summed E-state index contributed by atoms with van der Waals surface area (Å²) in [6, 6.07) is 0. The maximum absolute atomic E-state index is 11.9. The summed E-state index contributed by atoms with van der Waals surface area (Å²) in [5.41, 5.74) is -2.09. The number of rotatable bonds is 1. The molecule has 0 saturated carbocycles. The van der Waals surface area contributed by atoms with Crippen LogP contribution in [0.1, 0.15) is 34.1 Å². The molecule has 0 aliphatic carbocycles. The third kappa shape index (κ3) is 2.88. The number of likely N-dealkylation sites (tertiary alicyclic amines) is 1. The quantitative estimate of drug-likeness (QED) is 0.714. The lowest BCUT2D eigenvalue weighted by Gasteiger charge is -2.32. The van der Waals surface area contributed by atoms with Crippen molar-refractivity contribution in [2.45, 2.75) is 51.4 Å². The number of aliphatic hydroxyl groups excluding tert-OH is 1. The van der Waals surface area contributed by atoms with Gasteiger partial charge >= 0.3 is 12.1 Å². The summed E-state index contributed by atoms with van der Waals surface area (Å²) in [7, 11) is 0. The molecule has 1 heterocycles. The van der Waals surface area contributed by atoms with E-state index >= 15 is 0 Å². The van der Waals surface area contributed by atoms with E-state index in [-0.39, 0.29) is 13.0 Å². The molecule has 1 fully saturated rings. The summed E-state index contributed by atoms with van der Waals surface area (Å²) in [6.45, 7) is 6.51. The van der Waals surface area contributed by atoms with Gasteiger partial charge in [0.25, 0.3) is 0 Å². The second-order valence-electron chi connectivity index (χ2n) is 5.53. The first-order valence-electron chi connectivity index (χ1n) is 5.48. The zero-order chi connectivity index (χ0) is 13.4. The highest BCUT2D eigenvalue weighted by Crippen LogP contribution is 2.31. The van der Waals surface area contributed by atoms with Gasteiger partial charge in [-0.3, -0.25) is 4.90 Å². The zero-order valence-electron chi connectivity index (χ0n) is 10.6. The number of β-amino-alcohol motifs (C(OH)–C–C–N with tert-alkyl or cyclic N) is 1. The first-order valence-corrected chi connectivity index (χ1v) is 5.48. The molecule has 6 heteroatoms. The van der Waals surface area contributed by atoms with Crippen molar-refractivity contribution < 1.29 is 24.5 Å². The molecule has 0 spiro atoms. The molecule has 17 heavy (non-hydrogen) atoms. The molecule has 2 N–H and O–H groups in total. The van der Waals surface area contributed by atoms with E-state index < -0.39 is 29.3 Å². The van der Waals surface area contributed by atoms with E-state index in [4.69, 9.17) is 9.84 Å². The first-order chi connectivity index (χ1) is 7.56. The van der Waals surface area contributed by atoms with Gasteiger partial charge in [0.2, 0.25) is 0 Å². The highest BCUT2D eigenvalue weighted by molar-refractivity contribution is 5.85. The van der Waals surface area contributed by atoms with Crippen molar-refractivity contribution in [1.29, 1.82) is 0 Å². The molecule has 98 valence electrons. The molecular weight excluding hydrogens is 226 g/mol. The standard InChI is InChI=1S/C11H19NO5/c1-10(2,3)17-9(16)12-6-7(13)5-11(12,4)8(14)15/h7,13H,5-6H2,1-4H3,(H,14,15). The molecule has 2 unspecified atom stereocenters.